The minimum Gasteiger partial charge on any atom is -0.384 e. The van der Waals surface area contributed by atoms with Gasteiger partial charge < -0.3 is 9.64 Å². The predicted molar refractivity (Wildman–Crippen MR) is 69.9 cm³/mol. The minimum absolute atomic E-state index is 0.200. The van der Waals surface area contributed by atoms with Crippen LogP contribution in [0.4, 0.5) is 15.8 Å². The molecule has 19 heavy (non-hydrogen) atoms. The van der Waals surface area contributed by atoms with Crippen LogP contribution in [0.5, 0.6) is 0 Å². The first-order chi connectivity index (χ1) is 9.10. The maximum atomic E-state index is 13.4. The van der Waals surface area contributed by atoms with Crippen molar-refractivity contribution < 1.29 is 14.1 Å². The van der Waals surface area contributed by atoms with E-state index >= 15 is 0 Å². The summed E-state index contributed by atoms with van der Waals surface area (Å²) in [7, 11) is 1.68. The number of halogens is 1. The zero-order chi connectivity index (χ0) is 13.8. The van der Waals surface area contributed by atoms with Gasteiger partial charge in [0, 0.05) is 38.6 Å². The van der Waals surface area contributed by atoms with Crippen LogP contribution in [0.3, 0.4) is 0 Å². The predicted octanol–water partition coefficient (Wildman–Crippen LogP) is 2.60. The molecule has 1 saturated heterocycles. The van der Waals surface area contributed by atoms with Crippen molar-refractivity contribution in [1.29, 1.82) is 0 Å². The van der Waals surface area contributed by atoms with E-state index < -0.39 is 10.7 Å². The third-order valence-corrected chi connectivity index (χ3v) is 3.46. The standard InChI is InChI=1S/C13H17FN2O3/c1-19-9-10-2-4-15(5-3-10)12-6-11(14)7-13(8-12)16(17)18/h6-8,10H,2-5,9H2,1H3. The van der Waals surface area contributed by atoms with Crippen LogP contribution in [0.15, 0.2) is 18.2 Å². The van der Waals surface area contributed by atoms with Gasteiger partial charge in [0.15, 0.2) is 0 Å². The van der Waals surface area contributed by atoms with E-state index in [1.165, 1.54) is 12.1 Å². The van der Waals surface area contributed by atoms with Crippen molar-refractivity contribution in [3.05, 3.63) is 34.1 Å². The summed E-state index contributed by atoms with van der Waals surface area (Å²) < 4.78 is 18.5. The van der Waals surface area contributed by atoms with E-state index in [2.05, 4.69) is 0 Å². The van der Waals surface area contributed by atoms with E-state index in [9.17, 15) is 14.5 Å². The molecule has 1 fully saturated rings. The van der Waals surface area contributed by atoms with Gasteiger partial charge in [-0.15, -0.1) is 0 Å². The number of rotatable bonds is 4. The van der Waals surface area contributed by atoms with Gasteiger partial charge in [0.2, 0.25) is 0 Å². The number of non-ortho nitro benzene ring substituents is 1. The first kappa shape index (κ1) is 13.7. The Balaban J connectivity index is 2.09. The Morgan fingerprint density at radius 1 is 1.42 bits per heavy atom. The van der Waals surface area contributed by atoms with Crippen LogP contribution < -0.4 is 4.90 Å². The van der Waals surface area contributed by atoms with Crippen LogP contribution >= 0.6 is 0 Å². The highest BCUT2D eigenvalue weighted by Crippen LogP contribution is 2.27. The van der Waals surface area contributed by atoms with Gasteiger partial charge in [-0.05, 0) is 24.8 Å². The van der Waals surface area contributed by atoms with Gasteiger partial charge in [0.05, 0.1) is 11.0 Å². The minimum atomic E-state index is -0.566. The van der Waals surface area contributed by atoms with E-state index in [1.807, 2.05) is 4.90 Å². The lowest BCUT2D eigenvalue weighted by Gasteiger charge is -2.33. The zero-order valence-electron chi connectivity index (χ0n) is 10.8. The first-order valence-corrected chi connectivity index (χ1v) is 6.29. The summed E-state index contributed by atoms with van der Waals surface area (Å²) in [6, 6.07) is 3.73. The molecule has 5 nitrogen and oxygen atoms in total. The summed E-state index contributed by atoms with van der Waals surface area (Å²) in [5, 5.41) is 10.7. The molecule has 0 saturated carbocycles. The number of hydrogen-bond donors (Lipinski definition) is 0. The molecule has 0 spiro atoms. The summed E-state index contributed by atoms with van der Waals surface area (Å²) in [5.41, 5.74) is 0.386. The number of nitro groups is 1. The molecule has 104 valence electrons. The highest BCUT2D eigenvalue weighted by Gasteiger charge is 2.21. The third-order valence-electron chi connectivity index (χ3n) is 3.46. The molecule has 0 unspecified atom stereocenters. The van der Waals surface area contributed by atoms with Crippen molar-refractivity contribution in [3.8, 4) is 0 Å². The van der Waals surface area contributed by atoms with Crippen molar-refractivity contribution in [1.82, 2.24) is 0 Å². The third kappa shape index (κ3) is 3.41. The molecule has 0 radical (unpaired) electrons. The molecule has 2 rings (SSSR count). The lowest BCUT2D eigenvalue weighted by atomic mass is 9.97. The molecule has 1 aromatic rings. The van der Waals surface area contributed by atoms with Crippen LogP contribution in [0.2, 0.25) is 0 Å². The number of ether oxygens (including phenoxy) is 1. The monoisotopic (exact) mass is 268 g/mol. The quantitative estimate of drug-likeness (QED) is 0.622. The normalized spacial score (nSPS) is 16.6. The summed E-state index contributed by atoms with van der Waals surface area (Å²) in [4.78, 5) is 12.2. The van der Waals surface area contributed by atoms with Crippen LogP contribution in [0.1, 0.15) is 12.8 Å². The SMILES string of the molecule is COCC1CCN(c2cc(F)cc([N+](=O)[O-])c2)CC1. The molecule has 1 aliphatic heterocycles. The lowest BCUT2D eigenvalue weighted by molar-refractivity contribution is -0.385. The highest BCUT2D eigenvalue weighted by molar-refractivity contribution is 5.53. The molecule has 0 atom stereocenters. The second-order valence-corrected chi connectivity index (χ2v) is 4.81. The van der Waals surface area contributed by atoms with Gasteiger partial charge in [-0.1, -0.05) is 0 Å². The van der Waals surface area contributed by atoms with Crippen molar-refractivity contribution in [2.75, 3.05) is 31.7 Å². The Bertz CT molecular complexity index is 459. The van der Waals surface area contributed by atoms with E-state index in [4.69, 9.17) is 4.74 Å². The van der Waals surface area contributed by atoms with Crippen molar-refractivity contribution >= 4 is 11.4 Å². The molecule has 0 bridgehead atoms. The first-order valence-electron chi connectivity index (χ1n) is 6.29. The van der Waals surface area contributed by atoms with Gasteiger partial charge in [-0.2, -0.15) is 0 Å². The highest BCUT2D eigenvalue weighted by atomic mass is 19.1. The number of methoxy groups -OCH3 is 1. The second-order valence-electron chi connectivity index (χ2n) is 4.81. The fourth-order valence-electron chi connectivity index (χ4n) is 2.44. The molecule has 1 heterocycles. The summed E-state index contributed by atoms with van der Waals surface area (Å²) in [6.07, 6.45) is 1.91. The van der Waals surface area contributed by atoms with E-state index in [0.29, 0.717) is 11.6 Å². The Labute approximate surface area is 111 Å². The number of piperidine rings is 1. The molecule has 1 aromatic carbocycles. The van der Waals surface area contributed by atoms with Crippen LogP contribution in [-0.2, 0) is 4.74 Å². The lowest BCUT2D eigenvalue weighted by Crippen LogP contribution is -2.35. The zero-order valence-corrected chi connectivity index (χ0v) is 10.8. The second kappa shape index (κ2) is 5.97. The Kier molecular flexibility index (Phi) is 4.31. The van der Waals surface area contributed by atoms with Gasteiger partial charge >= 0.3 is 0 Å². The maximum absolute atomic E-state index is 13.4. The molecule has 0 N–H and O–H groups in total. The van der Waals surface area contributed by atoms with Gasteiger partial charge in [-0.25, -0.2) is 4.39 Å². The van der Waals surface area contributed by atoms with E-state index in [1.54, 1.807) is 7.11 Å². The smallest absolute Gasteiger partial charge is 0.274 e. The molecule has 0 aromatic heterocycles. The van der Waals surface area contributed by atoms with E-state index in [-0.39, 0.29) is 5.69 Å². The number of anilines is 1. The fraction of sp³-hybridized carbons (Fsp3) is 0.538. The number of nitrogens with zero attached hydrogens (tertiary/aromatic N) is 2. The van der Waals surface area contributed by atoms with Gasteiger partial charge in [-0.3, -0.25) is 10.1 Å². The topological polar surface area (TPSA) is 55.6 Å². The number of hydrogen-bond acceptors (Lipinski definition) is 4. The molecule has 0 amide bonds. The van der Waals surface area contributed by atoms with Crippen molar-refractivity contribution in [3.63, 3.8) is 0 Å². The van der Waals surface area contributed by atoms with Crippen LogP contribution in [-0.4, -0.2) is 31.7 Å². The average molecular weight is 268 g/mol. The molecule has 0 aliphatic carbocycles. The largest absolute Gasteiger partial charge is 0.384 e. The number of nitro benzene ring substituents is 1. The molecule has 1 aliphatic rings. The number of benzene rings is 1. The Hall–Kier alpha value is -1.69. The maximum Gasteiger partial charge on any atom is 0.274 e. The molecule has 6 heteroatoms. The summed E-state index contributed by atoms with van der Waals surface area (Å²) in [5.74, 6) is -0.0481. The van der Waals surface area contributed by atoms with Crippen molar-refractivity contribution in [2.24, 2.45) is 5.92 Å². The average Bonchev–Trinajstić information content (AvgIpc) is 2.39. The Morgan fingerprint density at radius 2 is 2.11 bits per heavy atom. The van der Waals surface area contributed by atoms with Crippen LogP contribution in [0.25, 0.3) is 0 Å². The van der Waals surface area contributed by atoms with E-state index in [0.717, 1.165) is 38.6 Å². The van der Waals surface area contributed by atoms with Gasteiger partial charge in [0.25, 0.3) is 5.69 Å². The van der Waals surface area contributed by atoms with Crippen LogP contribution in [0, 0.1) is 21.8 Å². The molecular formula is C13H17FN2O3. The summed E-state index contributed by atoms with van der Waals surface area (Å²) in [6.45, 7) is 2.28. The van der Waals surface area contributed by atoms with Crippen molar-refractivity contribution in [2.45, 2.75) is 12.8 Å². The fourth-order valence-corrected chi connectivity index (χ4v) is 2.44. The van der Waals surface area contributed by atoms with Gasteiger partial charge in [0.1, 0.15) is 5.82 Å². The summed E-state index contributed by atoms with van der Waals surface area (Å²) >= 11 is 0. The Morgan fingerprint density at radius 3 is 2.68 bits per heavy atom. The molecular weight excluding hydrogens is 251 g/mol.